The summed E-state index contributed by atoms with van der Waals surface area (Å²) in [6.07, 6.45) is -1.53. The molecule has 1 saturated heterocycles. The molecule has 0 bridgehead atoms. The zero-order valence-electron chi connectivity index (χ0n) is 11.8. The number of benzene rings is 1. The molecule has 1 aromatic carbocycles. The number of amides is 3. The first-order chi connectivity index (χ1) is 10.4. The van der Waals surface area contributed by atoms with Crippen molar-refractivity contribution in [1.82, 2.24) is 10.2 Å². The van der Waals surface area contributed by atoms with E-state index in [0.29, 0.717) is 6.54 Å². The van der Waals surface area contributed by atoms with E-state index in [2.05, 4.69) is 5.32 Å². The summed E-state index contributed by atoms with van der Waals surface area (Å²) in [5.41, 5.74) is 0.00716. The first kappa shape index (κ1) is 16.2. The van der Waals surface area contributed by atoms with Crippen molar-refractivity contribution < 1.29 is 23.5 Å². The first-order valence-corrected chi connectivity index (χ1v) is 6.99. The van der Waals surface area contributed by atoms with E-state index in [1.54, 1.807) is 0 Å². The molecule has 0 saturated carbocycles. The molecule has 2 rings (SSSR count). The molecular weight excluding hydrogens is 315 g/mol. The molecule has 1 atom stereocenters. The molecule has 1 aliphatic heterocycles. The van der Waals surface area contributed by atoms with Crippen LogP contribution in [0.5, 0.6) is 0 Å². The lowest BCUT2D eigenvalue weighted by Gasteiger charge is -2.18. The zero-order valence-corrected chi connectivity index (χ0v) is 12.5. The summed E-state index contributed by atoms with van der Waals surface area (Å²) in [7, 11) is 0. The number of hydrogen-bond donors (Lipinski definition) is 1. The number of hydrogen-bond acceptors (Lipinski definition) is 4. The molecule has 0 radical (unpaired) electrons. The molecule has 1 unspecified atom stereocenters. The van der Waals surface area contributed by atoms with Crippen LogP contribution in [0.15, 0.2) is 18.2 Å². The number of imide groups is 1. The average Bonchev–Trinajstić information content (AvgIpc) is 2.88. The maximum atomic E-state index is 13.6. The lowest BCUT2D eigenvalue weighted by atomic mass is 10.1. The quantitative estimate of drug-likeness (QED) is 0.850. The lowest BCUT2D eigenvalue weighted by molar-refractivity contribution is -0.156. The molecular formula is C14H14ClFN2O4. The van der Waals surface area contributed by atoms with E-state index in [-0.39, 0.29) is 17.1 Å². The fraction of sp³-hybridized carbons (Fsp3) is 0.357. The van der Waals surface area contributed by atoms with Gasteiger partial charge in [0.1, 0.15) is 5.82 Å². The molecule has 1 fully saturated rings. The van der Waals surface area contributed by atoms with Crippen LogP contribution in [0.3, 0.4) is 0 Å². The summed E-state index contributed by atoms with van der Waals surface area (Å²) in [6.45, 7) is 1.93. The number of carbonyl (C=O) groups excluding carboxylic acids is 3. The summed E-state index contributed by atoms with van der Waals surface area (Å²) in [6, 6.07) is 3.53. The molecule has 1 aliphatic rings. The number of nitrogens with one attached hydrogen (secondary N) is 1. The molecule has 8 heteroatoms. The maximum Gasteiger partial charge on any atom is 0.324 e. The largest absolute Gasteiger partial charge is 0.452 e. The van der Waals surface area contributed by atoms with Crippen molar-refractivity contribution in [3.63, 3.8) is 0 Å². The third kappa shape index (κ3) is 3.54. The number of esters is 1. The second kappa shape index (κ2) is 6.74. The van der Waals surface area contributed by atoms with Gasteiger partial charge in [-0.15, -0.1) is 0 Å². The number of halogens is 2. The monoisotopic (exact) mass is 328 g/mol. The Morgan fingerprint density at radius 3 is 2.82 bits per heavy atom. The summed E-state index contributed by atoms with van der Waals surface area (Å²) < 4.78 is 18.5. The molecule has 1 heterocycles. The van der Waals surface area contributed by atoms with Gasteiger partial charge in [0.15, 0.2) is 6.10 Å². The van der Waals surface area contributed by atoms with Gasteiger partial charge in [0.05, 0.1) is 6.42 Å². The minimum absolute atomic E-state index is 0.00716. The molecule has 3 amide bonds. The van der Waals surface area contributed by atoms with Crippen molar-refractivity contribution in [3.8, 4) is 0 Å². The van der Waals surface area contributed by atoms with Crippen molar-refractivity contribution in [3.05, 3.63) is 34.6 Å². The van der Waals surface area contributed by atoms with Gasteiger partial charge in [-0.25, -0.2) is 9.18 Å². The van der Waals surface area contributed by atoms with Gasteiger partial charge in [-0.05, 0) is 19.1 Å². The zero-order chi connectivity index (χ0) is 16.3. The fourth-order valence-electron chi connectivity index (χ4n) is 2.04. The molecule has 0 aliphatic carbocycles. The topological polar surface area (TPSA) is 75.7 Å². The van der Waals surface area contributed by atoms with E-state index in [4.69, 9.17) is 16.3 Å². The van der Waals surface area contributed by atoms with Gasteiger partial charge in [0.25, 0.3) is 5.91 Å². The predicted molar refractivity (Wildman–Crippen MR) is 75.8 cm³/mol. The molecule has 0 spiro atoms. The Bertz CT molecular complexity index is 603. The van der Waals surface area contributed by atoms with Crippen LogP contribution in [0.1, 0.15) is 12.5 Å². The van der Waals surface area contributed by atoms with E-state index < -0.39 is 36.2 Å². The summed E-state index contributed by atoms with van der Waals surface area (Å²) in [5, 5.41) is 2.58. The van der Waals surface area contributed by atoms with Crippen molar-refractivity contribution in [2.45, 2.75) is 19.4 Å². The molecule has 22 heavy (non-hydrogen) atoms. The van der Waals surface area contributed by atoms with Crippen LogP contribution >= 0.6 is 11.6 Å². The maximum absolute atomic E-state index is 13.6. The van der Waals surface area contributed by atoms with E-state index in [0.717, 1.165) is 4.90 Å². The standard InChI is InChI=1S/C14H14ClFN2O4/c1-8(13(20)18-6-5-17-14(18)21)22-12(19)7-9-10(15)3-2-4-11(9)16/h2-4,8H,5-7H2,1H3,(H,17,21). The fourth-order valence-corrected chi connectivity index (χ4v) is 2.27. The van der Waals surface area contributed by atoms with E-state index in [1.165, 1.54) is 25.1 Å². The highest BCUT2D eigenvalue weighted by Gasteiger charge is 2.31. The number of urea groups is 1. The average molecular weight is 329 g/mol. The van der Waals surface area contributed by atoms with Crippen molar-refractivity contribution in [2.24, 2.45) is 0 Å². The third-order valence-electron chi connectivity index (χ3n) is 3.16. The SMILES string of the molecule is CC(OC(=O)Cc1c(F)cccc1Cl)C(=O)N1CCNC1=O. The number of carbonyl (C=O) groups is 3. The molecule has 6 nitrogen and oxygen atoms in total. The van der Waals surface area contributed by atoms with Crippen molar-refractivity contribution in [2.75, 3.05) is 13.1 Å². The van der Waals surface area contributed by atoms with Crippen LogP contribution in [-0.4, -0.2) is 42.0 Å². The Kier molecular flexibility index (Phi) is 4.97. The molecule has 1 aromatic rings. The molecule has 0 aromatic heterocycles. The van der Waals surface area contributed by atoms with Gasteiger partial charge in [-0.1, -0.05) is 17.7 Å². The summed E-state index contributed by atoms with van der Waals surface area (Å²) in [4.78, 5) is 36.1. The lowest BCUT2D eigenvalue weighted by Crippen LogP contribution is -2.42. The van der Waals surface area contributed by atoms with Gasteiger partial charge in [-0.2, -0.15) is 0 Å². The smallest absolute Gasteiger partial charge is 0.324 e. The highest BCUT2D eigenvalue weighted by atomic mass is 35.5. The second-order valence-electron chi connectivity index (χ2n) is 4.73. The Morgan fingerprint density at radius 1 is 1.50 bits per heavy atom. The van der Waals surface area contributed by atoms with E-state index in [1.807, 2.05) is 0 Å². The van der Waals surface area contributed by atoms with Crippen LogP contribution in [0.25, 0.3) is 0 Å². The predicted octanol–water partition coefficient (Wildman–Crippen LogP) is 1.51. The van der Waals surface area contributed by atoms with Crippen LogP contribution in [0.2, 0.25) is 5.02 Å². The van der Waals surface area contributed by atoms with Crippen LogP contribution < -0.4 is 5.32 Å². The molecule has 118 valence electrons. The van der Waals surface area contributed by atoms with Crippen LogP contribution in [0.4, 0.5) is 9.18 Å². The third-order valence-corrected chi connectivity index (χ3v) is 3.52. The Hall–Kier alpha value is -2.15. The van der Waals surface area contributed by atoms with Gasteiger partial charge in [0.2, 0.25) is 0 Å². The minimum Gasteiger partial charge on any atom is -0.452 e. The first-order valence-electron chi connectivity index (χ1n) is 6.61. The molecule has 1 N–H and O–H groups in total. The summed E-state index contributed by atoms with van der Waals surface area (Å²) >= 11 is 5.82. The van der Waals surface area contributed by atoms with Crippen LogP contribution in [-0.2, 0) is 20.7 Å². The highest BCUT2D eigenvalue weighted by molar-refractivity contribution is 6.31. The Balaban J connectivity index is 1.97. The van der Waals surface area contributed by atoms with Gasteiger partial charge in [0, 0.05) is 23.7 Å². The highest BCUT2D eigenvalue weighted by Crippen LogP contribution is 2.20. The second-order valence-corrected chi connectivity index (χ2v) is 5.14. The van der Waals surface area contributed by atoms with E-state index in [9.17, 15) is 18.8 Å². The normalized spacial score (nSPS) is 15.4. The number of ether oxygens (including phenoxy) is 1. The Labute approximate surface area is 131 Å². The summed E-state index contributed by atoms with van der Waals surface area (Å²) in [5.74, 6) is -2.04. The van der Waals surface area contributed by atoms with E-state index >= 15 is 0 Å². The number of rotatable bonds is 4. The Morgan fingerprint density at radius 2 is 2.23 bits per heavy atom. The minimum atomic E-state index is -1.14. The van der Waals surface area contributed by atoms with Gasteiger partial charge in [-0.3, -0.25) is 14.5 Å². The van der Waals surface area contributed by atoms with Crippen LogP contribution in [0, 0.1) is 5.82 Å². The van der Waals surface area contributed by atoms with Crippen molar-refractivity contribution >= 4 is 29.5 Å². The number of nitrogens with zero attached hydrogens (tertiary/aromatic N) is 1. The van der Waals surface area contributed by atoms with Gasteiger partial charge < -0.3 is 10.1 Å². The van der Waals surface area contributed by atoms with Crippen molar-refractivity contribution in [1.29, 1.82) is 0 Å². The van der Waals surface area contributed by atoms with Gasteiger partial charge >= 0.3 is 12.0 Å².